The lowest BCUT2D eigenvalue weighted by Crippen LogP contribution is -2.67. The Morgan fingerprint density at radius 3 is 2.10 bits per heavy atom. The molecule has 0 amide bonds. The topological polar surface area (TPSA) is 0 Å². The summed E-state index contributed by atoms with van der Waals surface area (Å²) < 4.78 is 0. The van der Waals surface area contributed by atoms with Gasteiger partial charge in [0.1, 0.15) is 0 Å². The first-order valence-corrected chi connectivity index (χ1v) is 17.8. The van der Waals surface area contributed by atoms with Gasteiger partial charge in [-0.25, -0.2) is 0 Å². The minimum absolute atomic E-state index is 0.433. The van der Waals surface area contributed by atoms with Gasteiger partial charge >= 0.3 is 0 Å². The lowest BCUT2D eigenvalue weighted by molar-refractivity contribution is -0.248. The Labute approximate surface area is 245 Å². The second-order valence-electron chi connectivity index (χ2n) is 17.6. The summed E-state index contributed by atoms with van der Waals surface area (Å²) in [5.41, 5.74) is 1.39. The first kappa shape index (κ1) is 30.0. The molecule has 5 aliphatic rings. The Kier molecular flexibility index (Phi) is 8.22. The lowest BCUT2D eigenvalue weighted by Gasteiger charge is -2.73. The van der Waals surface area contributed by atoms with Crippen LogP contribution in [0.1, 0.15) is 140 Å². The molecule has 0 radical (unpaired) electrons. The summed E-state index contributed by atoms with van der Waals surface area (Å²) in [4.78, 5) is 0. The van der Waals surface area contributed by atoms with Crippen molar-refractivity contribution in [1.82, 2.24) is 0 Å². The van der Waals surface area contributed by atoms with Crippen molar-refractivity contribution in [2.24, 2.45) is 93.2 Å². The number of hydrogen-bond donors (Lipinski definition) is 0. The monoisotopic (exact) mass is 535 g/mol. The molecular formula is C39H66. The highest BCUT2D eigenvalue weighted by atomic mass is 14.7. The van der Waals surface area contributed by atoms with Crippen LogP contribution < -0.4 is 0 Å². The van der Waals surface area contributed by atoms with Crippen LogP contribution in [0.25, 0.3) is 0 Å². The lowest BCUT2D eigenvalue weighted by atomic mass is 9.31. The van der Waals surface area contributed by atoms with Crippen LogP contribution in [0.15, 0.2) is 0 Å². The van der Waals surface area contributed by atoms with Crippen LogP contribution in [0, 0.1) is 105 Å². The number of hydrogen-bond acceptors (Lipinski definition) is 0. The van der Waals surface area contributed by atoms with Gasteiger partial charge in [-0.05, 0) is 120 Å². The van der Waals surface area contributed by atoms with Gasteiger partial charge in [0.25, 0.3) is 0 Å². The molecule has 14 unspecified atom stereocenters. The fourth-order valence-corrected chi connectivity index (χ4v) is 14.0. The van der Waals surface area contributed by atoms with E-state index in [9.17, 15) is 0 Å². The Hall–Kier alpha value is -0.440. The predicted molar refractivity (Wildman–Crippen MR) is 169 cm³/mol. The maximum atomic E-state index is 3.99. The molecule has 0 heterocycles. The number of fused-ring (bicyclic) bond motifs is 3. The van der Waals surface area contributed by atoms with Crippen molar-refractivity contribution in [2.75, 3.05) is 0 Å². The van der Waals surface area contributed by atoms with Crippen molar-refractivity contribution in [2.45, 2.75) is 140 Å². The third-order valence-electron chi connectivity index (χ3n) is 15.5. The van der Waals surface area contributed by atoms with Crippen LogP contribution in [-0.4, -0.2) is 0 Å². The summed E-state index contributed by atoms with van der Waals surface area (Å²) in [7, 11) is 0. The third kappa shape index (κ3) is 4.60. The van der Waals surface area contributed by atoms with Crippen molar-refractivity contribution < 1.29 is 0 Å². The van der Waals surface area contributed by atoms with E-state index in [1.807, 2.05) is 0 Å². The molecule has 0 heteroatoms. The van der Waals surface area contributed by atoms with E-state index >= 15 is 0 Å². The molecule has 222 valence electrons. The van der Waals surface area contributed by atoms with E-state index in [0.29, 0.717) is 28.1 Å². The van der Waals surface area contributed by atoms with Gasteiger partial charge in [-0.3, -0.25) is 0 Å². The standard InChI is InChI=1S/C39H66/c1-12-31-20-32(19-18-30-16-14-13-15-17-30)26(5)35-27(6)36-29(8)39(11)28(7)34(24(2)3)25(4)21-38(39,10)23-37(36,9)22-33(31)35/h24-36H,12-17,20-23H2,1-11H3. The van der Waals surface area contributed by atoms with Crippen LogP contribution in [0.4, 0.5) is 0 Å². The average molecular weight is 535 g/mol. The van der Waals surface area contributed by atoms with Crippen LogP contribution in [0.3, 0.4) is 0 Å². The zero-order valence-electron chi connectivity index (χ0n) is 28.1. The smallest absolute Gasteiger partial charge is 0.0234 e. The molecule has 5 fully saturated rings. The summed E-state index contributed by atoms with van der Waals surface area (Å²) in [6.45, 7) is 29.2. The summed E-state index contributed by atoms with van der Waals surface area (Å²) in [5.74, 6) is 18.4. The highest BCUT2D eigenvalue weighted by Gasteiger charge is 2.68. The van der Waals surface area contributed by atoms with Gasteiger partial charge in [0.2, 0.25) is 0 Å². The van der Waals surface area contributed by atoms with E-state index in [-0.39, 0.29) is 0 Å². The second kappa shape index (κ2) is 10.7. The van der Waals surface area contributed by atoms with Gasteiger partial charge in [-0.1, -0.05) is 114 Å². The zero-order chi connectivity index (χ0) is 28.5. The molecule has 0 aliphatic heterocycles. The van der Waals surface area contributed by atoms with Crippen LogP contribution >= 0.6 is 0 Å². The Morgan fingerprint density at radius 2 is 1.49 bits per heavy atom. The van der Waals surface area contributed by atoms with Crippen molar-refractivity contribution in [1.29, 1.82) is 0 Å². The SMILES string of the molecule is CCC1CC(C#CC2CCCCC2)C(C)C2C(C)C3C(C)C4(C)C(C)C(C(C)C)C(C)CC4(C)CC3(C)CC12. The molecule has 5 aliphatic carbocycles. The molecular weight excluding hydrogens is 468 g/mol. The molecule has 0 saturated heterocycles. The molecule has 0 aromatic rings. The van der Waals surface area contributed by atoms with Crippen LogP contribution in [0.5, 0.6) is 0 Å². The third-order valence-corrected chi connectivity index (χ3v) is 15.5. The molecule has 39 heavy (non-hydrogen) atoms. The summed E-state index contributed by atoms with van der Waals surface area (Å²) in [6.07, 6.45) is 14.1. The van der Waals surface area contributed by atoms with Gasteiger partial charge in [0.15, 0.2) is 0 Å². The van der Waals surface area contributed by atoms with Crippen molar-refractivity contribution in [3.05, 3.63) is 0 Å². The molecule has 0 aromatic heterocycles. The number of rotatable bonds is 2. The maximum absolute atomic E-state index is 3.99. The van der Waals surface area contributed by atoms with Crippen LogP contribution in [0.2, 0.25) is 0 Å². The zero-order valence-corrected chi connectivity index (χ0v) is 28.1. The summed E-state index contributed by atoms with van der Waals surface area (Å²) in [5, 5.41) is 0. The maximum Gasteiger partial charge on any atom is 0.0234 e. The Bertz CT molecular complexity index is 927. The molecule has 0 spiro atoms. The molecule has 14 atom stereocenters. The largest absolute Gasteiger partial charge is 0.0996 e. The van der Waals surface area contributed by atoms with E-state index in [0.717, 1.165) is 65.1 Å². The van der Waals surface area contributed by atoms with Crippen molar-refractivity contribution >= 4 is 0 Å². The molecule has 0 N–H and O–H groups in total. The second-order valence-corrected chi connectivity index (χ2v) is 17.6. The van der Waals surface area contributed by atoms with Crippen molar-refractivity contribution in [3.8, 4) is 11.8 Å². The summed E-state index contributed by atoms with van der Waals surface area (Å²) >= 11 is 0. The van der Waals surface area contributed by atoms with E-state index in [4.69, 9.17) is 0 Å². The van der Waals surface area contributed by atoms with Gasteiger partial charge in [-0.2, -0.15) is 0 Å². The Balaban J connectivity index is 1.48. The predicted octanol–water partition coefficient (Wildman–Crippen LogP) is 11.1. The van der Waals surface area contributed by atoms with E-state index in [2.05, 4.69) is 88.0 Å². The first-order valence-electron chi connectivity index (χ1n) is 17.8. The minimum atomic E-state index is 0.433. The molecule has 5 rings (SSSR count). The normalized spacial score (nSPS) is 54.2. The van der Waals surface area contributed by atoms with E-state index in [1.54, 1.807) is 0 Å². The van der Waals surface area contributed by atoms with Gasteiger partial charge in [0.05, 0.1) is 0 Å². The van der Waals surface area contributed by atoms with Crippen molar-refractivity contribution in [3.63, 3.8) is 0 Å². The first-order chi connectivity index (χ1) is 18.3. The van der Waals surface area contributed by atoms with Crippen LogP contribution in [-0.2, 0) is 0 Å². The van der Waals surface area contributed by atoms with E-state index in [1.165, 1.54) is 64.2 Å². The summed E-state index contributed by atoms with van der Waals surface area (Å²) in [6, 6.07) is 0. The molecule has 0 nitrogen and oxygen atoms in total. The van der Waals surface area contributed by atoms with Gasteiger partial charge < -0.3 is 0 Å². The highest BCUT2D eigenvalue weighted by Crippen LogP contribution is 2.75. The molecule has 0 bridgehead atoms. The average Bonchev–Trinajstić information content (AvgIpc) is 2.86. The molecule has 0 aromatic carbocycles. The van der Waals surface area contributed by atoms with E-state index < -0.39 is 0 Å². The minimum Gasteiger partial charge on any atom is -0.0996 e. The Morgan fingerprint density at radius 1 is 0.821 bits per heavy atom. The fraction of sp³-hybridized carbons (Fsp3) is 0.949. The molecule has 5 saturated carbocycles. The quantitative estimate of drug-likeness (QED) is 0.309. The van der Waals surface area contributed by atoms with Gasteiger partial charge in [0, 0.05) is 11.8 Å². The fourth-order valence-electron chi connectivity index (χ4n) is 14.0. The van der Waals surface area contributed by atoms with Gasteiger partial charge in [-0.15, -0.1) is 0 Å². The highest BCUT2D eigenvalue weighted by molar-refractivity contribution is 5.19.